The first-order valence-electron chi connectivity index (χ1n) is 6.94. The van der Waals surface area contributed by atoms with Crippen molar-refractivity contribution >= 4 is 39.1 Å². The third-order valence-corrected chi connectivity index (χ3v) is 3.85. The molecule has 2 aromatic rings. The molecule has 0 aliphatic carbocycles. The fourth-order valence-electron chi connectivity index (χ4n) is 1.85. The normalized spacial score (nSPS) is 11.2. The second-order valence-corrected chi connectivity index (χ2v) is 6.29. The zero-order valence-corrected chi connectivity index (χ0v) is 15.1. The molecule has 0 saturated carbocycles. The summed E-state index contributed by atoms with van der Waals surface area (Å²) in [5.74, 6) is 0.349. The average molecular weight is 396 g/mol. The molecule has 0 aliphatic rings. The van der Waals surface area contributed by atoms with Crippen LogP contribution in [-0.2, 0) is 4.79 Å². The number of hydrogen-bond donors (Lipinski definition) is 1. The number of benzene rings is 2. The molecule has 0 saturated heterocycles. The van der Waals surface area contributed by atoms with E-state index in [2.05, 4.69) is 26.5 Å². The molecule has 0 bridgehead atoms. The molecule has 0 radical (unpaired) electrons. The first kappa shape index (κ1) is 17.5. The van der Waals surface area contributed by atoms with Crippen LogP contribution in [0.5, 0.6) is 5.75 Å². The molecule has 23 heavy (non-hydrogen) atoms. The minimum atomic E-state index is -0.319. The molecule has 0 fully saturated rings. The third kappa shape index (κ3) is 5.37. The Morgan fingerprint density at radius 3 is 2.61 bits per heavy atom. The van der Waals surface area contributed by atoms with Crippen molar-refractivity contribution in [1.29, 1.82) is 0 Å². The summed E-state index contributed by atoms with van der Waals surface area (Å²) in [7, 11) is 0. The Balaban J connectivity index is 1.89. The Kier molecular flexibility index (Phi) is 6.19. The Hall–Kier alpha value is -1.85. The van der Waals surface area contributed by atoms with E-state index in [0.717, 1.165) is 15.6 Å². The van der Waals surface area contributed by atoms with Gasteiger partial charge in [-0.25, -0.2) is 5.43 Å². The smallest absolute Gasteiger partial charge is 0.277 e. The summed E-state index contributed by atoms with van der Waals surface area (Å²) in [5.41, 5.74) is 5.01. The summed E-state index contributed by atoms with van der Waals surface area (Å²) in [6.45, 7) is 3.63. The molecule has 1 N–H and O–H groups in total. The van der Waals surface area contributed by atoms with Crippen LogP contribution in [0.3, 0.4) is 0 Å². The fourth-order valence-corrected chi connectivity index (χ4v) is 2.45. The first-order valence-corrected chi connectivity index (χ1v) is 8.11. The number of ether oxygens (including phenoxy) is 1. The molecule has 0 aliphatic heterocycles. The number of halogens is 2. The van der Waals surface area contributed by atoms with Crippen LogP contribution in [0.4, 0.5) is 0 Å². The van der Waals surface area contributed by atoms with E-state index in [-0.39, 0.29) is 12.5 Å². The minimum absolute atomic E-state index is 0.0974. The van der Waals surface area contributed by atoms with Crippen LogP contribution in [0.1, 0.15) is 18.1 Å². The Labute approximate surface area is 148 Å². The lowest BCUT2D eigenvalue weighted by Gasteiger charge is -2.08. The number of carbonyl (C=O) groups is 1. The molecule has 0 unspecified atom stereocenters. The van der Waals surface area contributed by atoms with Crippen molar-refractivity contribution in [3.05, 3.63) is 63.1 Å². The highest BCUT2D eigenvalue weighted by atomic mass is 79.9. The van der Waals surface area contributed by atoms with Gasteiger partial charge in [0.15, 0.2) is 6.61 Å². The Bertz CT molecular complexity index is 730. The molecule has 0 heterocycles. The van der Waals surface area contributed by atoms with Gasteiger partial charge in [0.25, 0.3) is 5.91 Å². The zero-order valence-electron chi connectivity index (χ0n) is 12.8. The molecular weight excluding hydrogens is 380 g/mol. The van der Waals surface area contributed by atoms with Gasteiger partial charge in [0.05, 0.1) is 5.71 Å². The summed E-state index contributed by atoms with van der Waals surface area (Å²) in [4.78, 5) is 11.8. The van der Waals surface area contributed by atoms with Gasteiger partial charge in [-0.2, -0.15) is 5.10 Å². The quantitative estimate of drug-likeness (QED) is 0.605. The summed E-state index contributed by atoms with van der Waals surface area (Å²) in [6, 6.07) is 12.8. The maximum atomic E-state index is 11.8. The Morgan fingerprint density at radius 2 is 1.96 bits per heavy atom. The predicted octanol–water partition coefficient (Wildman–Crippen LogP) is 4.33. The highest BCUT2D eigenvalue weighted by Crippen LogP contribution is 2.21. The van der Waals surface area contributed by atoms with Gasteiger partial charge >= 0.3 is 0 Å². The molecule has 0 spiro atoms. The van der Waals surface area contributed by atoms with E-state index in [0.29, 0.717) is 16.5 Å². The van der Waals surface area contributed by atoms with E-state index in [9.17, 15) is 4.79 Å². The van der Waals surface area contributed by atoms with Crippen LogP contribution < -0.4 is 10.2 Å². The number of nitrogens with one attached hydrogen (secondary N) is 1. The summed E-state index contributed by atoms with van der Waals surface area (Å²) in [6.07, 6.45) is 0. The number of hydrogen-bond acceptors (Lipinski definition) is 3. The van der Waals surface area contributed by atoms with Gasteiger partial charge in [-0.1, -0.05) is 39.7 Å². The van der Waals surface area contributed by atoms with Gasteiger partial charge in [0.1, 0.15) is 5.75 Å². The van der Waals surface area contributed by atoms with Crippen LogP contribution in [0.15, 0.2) is 52.0 Å². The number of amides is 1. The van der Waals surface area contributed by atoms with Crippen LogP contribution in [0.25, 0.3) is 0 Å². The van der Waals surface area contributed by atoms with Crippen molar-refractivity contribution in [2.24, 2.45) is 5.10 Å². The second kappa shape index (κ2) is 8.13. The van der Waals surface area contributed by atoms with Gasteiger partial charge in [0, 0.05) is 9.50 Å². The molecule has 120 valence electrons. The van der Waals surface area contributed by atoms with E-state index >= 15 is 0 Å². The van der Waals surface area contributed by atoms with Gasteiger partial charge in [0.2, 0.25) is 0 Å². The molecule has 1 amide bonds. The van der Waals surface area contributed by atoms with Crippen molar-refractivity contribution in [2.75, 3.05) is 6.61 Å². The number of aryl methyl sites for hydroxylation is 1. The van der Waals surface area contributed by atoms with E-state index < -0.39 is 0 Å². The van der Waals surface area contributed by atoms with E-state index in [1.807, 2.05) is 44.2 Å². The molecule has 4 nitrogen and oxygen atoms in total. The first-order chi connectivity index (χ1) is 11.0. The van der Waals surface area contributed by atoms with Crippen LogP contribution in [-0.4, -0.2) is 18.2 Å². The number of hydrazone groups is 1. The van der Waals surface area contributed by atoms with Crippen molar-refractivity contribution < 1.29 is 9.53 Å². The van der Waals surface area contributed by atoms with E-state index in [4.69, 9.17) is 16.3 Å². The lowest BCUT2D eigenvalue weighted by atomic mass is 10.1. The van der Waals surface area contributed by atoms with E-state index in [1.165, 1.54) is 0 Å². The third-order valence-electron chi connectivity index (χ3n) is 3.11. The van der Waals surface area contributed by atoms with Gasteiger partial charge in [-0.15, -0.1) is 0 Å². The van der Waals surface area contributed by atoms with Gasteiger partial charge in [-0.3, -0.25) is 4.79 Å². The molecule has 0 aromatic heterocycles. The Morgan fingerprint density at radius 1 is 1.26 bits per heavy atom. The highest BCUT2D eigenvalue weighted by Gasteiger charge is 2.05. The summed E-state index contributed by atoms with van der Waals surface area (Å²) >= 11 is 9.22. The second-order valence-electron chi connectivity index (χ2n) is 4.94. The molecular formula is C17H16BrClN2O2. The lowest BCUT2D eigenvalue weighted by Crippen LogP contribution is -2.25. The molecule has 2 aromatic carbocycles. The van der Waals surface area contributed by atoms with E-state index in [1.54, 1.807) is 12.1 Å². The minimum Gasteiger partial charge on any atom is -0.483 e. The number of carbonyl (C=O) groups excluding carboxylic acids is 1. The number of rotatable bonds is 5. The number of nitrogens with zero attached hydrogens (tertiary/aromatic N) is 1. The molecule has 6 heteroatoms. The average Bonchev–Trinajstić information content (AvgIpc) is 2.52. The maximum absolute atomic E-state index is 11.8. The largest absolute Gasteiger partial charge is 0.483 e. The SMILES string of the molecule is C/C(=N\NC(=O)COc1ccc(Br)cc1C)c1ccc(Cl)cc1. The molecule has 2 rings (SSSR count). The predicted molar refractivity (Wildman–Crippen MR) is 96.2 cm³/mol. The standard InChI is InChI=1S/C17H16BrClN2O2/c1-11-9-14(18)5-8-16(11)23-10-17(22)21-20-12(2)13-3-6-15(19)7-4-13/h3-9H,10H2,1-2H3,(H,21,22)/b20-12+. The highest BCUT2D eigenvalue weighted by molar-refractivity contribution is 9.10. The topological polar surface area (TPSA) is 50.7 Å². The van der Waals surface area contributed by atoms with Crippen LogP contribution in [0.2, 0.25) is 5.02 Å². The zero-order chi connectivity index (χ0) is 16.8. The monoisotopic (exact) mass is 394 g/mol. The van der Waals surface area contributed by atoms with Crippen LogP contribution >= 0.6 is 27.5 Å². The maximum Gasteiger partial charge on any atom is 0.277 e. The van der Waals surface area contributed by atoms with Gasteiger partial charge < -0.3 is 4.74 Å². The van der Waals surface area contributed by atoms with Gasteiger partial charge in [-0.05, 0) is 55.3 Å². The van der Waals surface area contributed by atoms with Crippen molar-refractivity contribution in [3.63, 3.8) is 0 Å². The summed E-state index contributed by atoms with van der Waals surface area (Å²) in [5, 5.41) is 4.72. The van der Waals surface area contributed by atoms with Crippen molar-refractivity contribution in [2.45, 2.75) is 13.8 Å². The summed E-state index contributed by atoms with van der Waals surface area (Å²) < 4.78 is 6.46. The fraction of sp³-hybridized carbons (Fsp3) is 0.176. The van der Waals surface area contributed by atoms with Crippen molar-refractivity contribution in [1.82, 2.24) is 5.43 Å². The van der Waals surface area contributed by atoms with Crippen LogP contribution in [0, 0.1) is 6.92 Å². The molecule has 0 atom stereocenters. The van der Waals surface area contributed by atoms with Crippen molar-refractivity contribution in [3.8, 4) is 5.75 Å². The lowest BCUT2D eigenvalue weighted by molar-refractivity contribution is -0.123.